The first-order chi connectivity index (χ1) is 18.8. The average molecular weight is 608 g/mol. The first kappa shape index (κ1) is 31.7. The number of rotatable bonds is 11. The Morgan fingerprint density at radius 2 is 1.60 bits per heavy atom. The molecule has 0 amide bonds. The molecule has 2 aliphatic rings. The Kier molecular flexibility index (Phi) is 10.5. The molecule has 222 valence electrons. The predicted molar refractivity (Wildman–Crippen MR) is 136 cm³/mol. The van der Waals surface area contributed by atoms with E-state index in [1.54, 1.807) is 27.7 Å². The second-order valence-electron chi connectivity index (χ2n) is 9.80. The van der Waals surface area contributed by atoms with E-state index in [1.165, 1.54) is 18.2 Å². The number of ether oxygens (including phenoxy) is 6. The second kappa shape index (κ2) is 13.2. The Balaban J connectivity index is 1.70. The Bertz CT molecular complexity index is 1120. The van der Waals surface area contributed by atoms with Crippen molar-refractivity contribution in [1.82, 2.24) is 0 Å². The number of hydrogen-bond acceptors (Lipinski definition) is 13. The van der Waals surface area contributed by atoms with Crippen molar-refractivity contribution in [2.75, 3.05) is 19.3 Å². The van der Waals surface area contributed by atoms with Crippen LogP contribution in [0.1, 0.15) is 27.7 Å². The minimum Gasteiger partial charge on any atom is -0.431 e. The van der Waals surface area contributed by atoms with Gasteiger partial charge >= 0.3 is 24.2 Å². The summed E-state index contributed by atoms with van der Waals surface area (Å²) in [5.74, 6) is -5.98. The van der Waals surface area contributed by atoms with E-state index in [4.69, 9.17) is 41.0 Å². The largest absolute Gasteiger partial charge is 0.511 e. The zero-order valence-electron chi connectivity index (χ0n) is 22.2. The van der Waals surface area contributed by atoms with Crippen LogP contribution in [0.4, 0.5) is 14.0 Å². The van der Waals surface area contributed by atoms with Crippen LogP contribution in [0, 0.1) is 29.5 Å². The fourth-order valence-electron chi connectivity index (χ4n) is 4.69. The van der Waals surface area contributed by atoms with E-state index in [-0.39, 0.29) is 10.8 Å². The first-order valence-electron chi connectivity index (χ1n) is 12.3. The van der Waals surface area contributed by atoms with Crippen LogP contribution in [0.2, 0.25) is 5.02 Å². The van der Waals surface area contributed by atoms with Crippen molar-refractivity contribution < 1.29 is 57.1 Å². The van der Waals surface area contributed by atoms with Gasteiger partial charge in [-0.25, -0.2) is 18.8 Å². The van der Waals surface area contributed by atoms with E-state index in [1.807, 2.05) is 0 Å². The van der Waals surface area contributed by atoms with Gasteiger partial charge in [-0.2, -0.15) is 0 Å². The van der Waals surface area contributed by atoms with Gasteiger partial charge in [0.25, 0.3) is 0 Å². The van der Waals surface area contributed by atoms with Crippen LogP contribution in [-0.2, 0) is 38.0 Å². The number of esters is 2. The van der Waals surface area contributed by atoms with Crippen LogP contribution in [0.5, 0.6) is 0 Å². The van der Waals surface area contributed by atoms with E-state index in [9.17, 15) is 28.7 Å². The molecule has 0 radical (unpaired) electrons. The molecule has 15 heteroatoms. The van der Waals surface area contributed by atoms with Gasteiger partial charge in [0.05, 0.1) is 29.3 Å². The van der Waals surface area contributed by atoms with E-state index in [0.29, 0.717) is 4.90 Å². The molecule has 0 saturated heterocycles. The highest BCUT2D eigenvalue weighted by atomic mass is 35.5. The average Bonchev–Trinajstić information content (AvgIpc) is 3.56. The van der Waals surface area contributed by atoms with Gasteiger partial charge in [0.15, 0.2) is 0 Å². The lowest BCUT2D eigenvalue weighted by Crippen LogP contribution is -2.59. The summed E-state index contributed by atoms with van der Waals surface area (Å²) in [5.41, 5.74) is 4.68. The summed E-state index contributed by atoms with van der Waals surface area (Å²) in [6.07, 6.45) is -4.25. The highest BCUT2D eigenvalue weighted by Gasteiger charge is 2.78. The van der Waals surface area contributed by atoms with Gasteiger partial charge in [-0.05, 0) is 45.9 Å². The number of fused-ring (bicyclic) bond motifs is 1. The molecule has 0 aromatic heterocycles. The molecule has 40 heavy (non-hydrogen) atoms. The molecule has 3 rings (SSSR count). The minimum absolute atomic E-state index is 0.0733. The molecule has 12 nitrogen and oxygen atoms in total. The molecule has 2 fully saturated rings. The third kappa shape index (κ3) is 7.28. The Morgan fingerprint density at radius 3 is 2.15 bits per heavy atom. The predicted octanol–water partition coefficient (Wildman–Crippen LogP) is 3.25. The Morgan fingerprint density at radius 1 is 1.02 bits per heavy atom. The zero-order chi connectivity index (χ0) is 29.8. The van der Waals surface area contributed by atoms with Crippen LogP contribution in [0.3, 0.4) is 0 Å². The van der Waals surface area contributed by atoms with Crippen molar-refractivity contribution in [2.45, 2.75) is 56.4 Å². The number of aliphatic hydroxyl groups is 1. The van der Waals surface area contributed by atoms with Crippen molar-refractivity contribution in [3.63, 3.8) is 0 Å². The van der Waals surface area contributed by atoms with Crippen molar-refractivity contribution >= 4 is 47.6 Å². The molecule has 2 aliphatic carbocycles. The monoisotopic (exact) mass is 607 g/mol. The fraction of sp³-hybridized carbons (Fsp3) is 0.600. The van der Waals surface area contributed by atoms with Crippen LogP contribution >= 0.6 is 23.4 Å². The van der Waals surface area contributed by atoms with Crippen molar-refractivity contribution in [1.29, 1.82) is 0 Å². The van der Waals surface area contributed by atoms with E-state index in [0.717, 1.165) is 11.8 Å². The maximum atomic E-state index is 13.6. The van der Waals surface area contributed by atoms with Crippen LogP contribution in [0.15, 0.2) is 23.1 Å². The molecule has 0 bridgehead atoms. The third-order valence-electron chi connectivity index (χ3n) is 6.40. The van der Waals surface area contributed by atoms with E-state index >= 15 is 0 Å². The topological polar surface area (TPSA) is 170 Å². The molecule has 2 saturated carbocycles. The summed E-state index contributed by atoms with van der Waals surface area (Å²) in [5, 5.41) is 11.0. The summed E-state index contributed by atoms with van der Waals surface area (Å²) >= 11 is 7.01. The molecule has 1 aromatic rings. The Hall–Kier alpha value is -2.81. The highest BCUT2D eigenvalue weighted by molar-refractivity contribution is 7.99. The molecule has 0 spiro atoms. The van der Waals surface area contributed by atoms with Crippen molar-refractivity contribution in [3.8, 4) is 0 Å². The number of hydrogen-bond donors (Lipinski definition) is 2. The number of carbonyl (C=O) groups excluding carboxylic acids is 4. The van der Waals surface area contributed by atoms with Gasteiger partial charge in [-0.3, -0.25) is 4.79 Å². The number of benzene rings is 1. The minimum atomic E-state index is -1.90. The molecular weight excluding hydrogens is 577 g/mol. The molecule has 0 aliphatic heterocycles. The summed E-state index contributed by atoms with van der Waals surface area (Å²) < 4.78 is 42.7. The lowest BCUT2D eigenvalue weighted by atomic mass is 9.81. The zero-order valence-corrected chi connectivity index (χ0v) is 23.7. The smallest absolute Gasteiger partial charge is 0.431 e. The molecule has 0 unspecified atom stereocenters. The number of carbonyl (C=O) groups is 4. The molecule has 0 heterocycles. The maximum Gasteiger partial charge on any atom is 0.511 e. The van der Waals surface area contributed by atoms with Gasteiger partial charge in [0.2, 0.25) is 13.6 Å². The van der Waals surface area contributed by atoms with E-state index in [2.05, 4.69) is 4.74 Å². The van der Waals surface area contributed by atoms with Gasteiger partial charge in [-0.15, -0.1) is 11.8 Å². The van der Waals surface area contributed by atoms with E-state index < -0.39 is 91.2 Å². The van der Waals surface area contributed by atoms with Crippen LogP contribution < -0.4 is 5.73 Å². The third-order valence-corrected chi connectivity index (χ3v) is 7.80. The lowest BCUT2D eigenvalue weighted by Gasteiger charge is -2.34. The normalized spacial score (nSPS) is 26.6. The van der Waals surface area contributed by atoms with Gasteiger partial charge < -0.3 is 39.3 Å². The van der Waals surface area contributed by atoms with Crippen LogP contribution in [-0.4, -0.2) is 72.5 Å². The van der Waals surface area contributed by atoms with Crippen LogP contribution in [0.25, 0.3) is 0 Å². The number of nitrogens with two attached hydrogens (primary N) is 1. The number of thioether (sulfide) groups is 1. The fourth-order valence-corrected chi connectivity index (χ4v) is 6.15. The maximum absolute atomic E-state index is 13.6. The highest BCUT2D eigenvalue weighted by Crippen LogP contribution is 2.64. The first-order valence-corrected chi connectivity index (χ1v) is 13.7. The summed E-state index contributed by atoms with van der Waals surface area (Å²) in [7, 11) is 0. The molecular formula is C25H31ClFNO11S. The number of halogens is 2. The lowest BCUT2D eigenvalue weighted by molar-refractivity contribution is -0.165. The molecule has 3 N–H and O–H groups in total. The summed E-state index contributed by atoms with van der Waals surface area (Å²) in [4.78, 5) is 49.7. The van der Waals surface area contributed by atoms with Gasteiger partial charge in [0, 0.05) is 28.4 Å². The SMILES string of the molecule is CC(C)OC(=O)OCOC(=O)[C@H]1[C@@H]2[C@H](O)[C@@H](CSc3ccc(F)c(Cl)c3)[C@@](N)(C(=O)OCOC(=O)OC(C)C)[C@H]12. The molecule has 6 atom stereocenters. The van der Waals surface area contributed by atoms with Crippen molar-refractivity contribution in [2.24, 2.45) is 29.4 Å². The summed E-state index contributed by atoms with van der Waals surface area (Å²) in [6, 6.07) is 4.04. The van der Waals surface area contributed by atoms with Gasteiger partial charge in [-0.1, -0.05) is 11.6 Å². The Labute approximate surface area is 238 Å². The van der Waals surface area contributed by atoms with Gasteiger partial charge in [0.1, 0.15) is 11.4 Å². The second-order valence-corrected chi connectivity index (χ2v) is 11.3. The molecule has 1 aromatic carbocycles. The summed E-state index contributed by atoms with van der Waals surface area (Å²) in [6.45, 7) is 4.86. The standard InChI is InChI=1S/C25H31ClFNO11S/c1-11(2)38-23(32)36-9-34-21(30)18-17-19(18)25(28,22(31)35-10-37-24(33)39-12(3)4)14(20(17)29)8-40-13-5-6-16(27)15(26)7-13/h5-7,11-12,14,17-20,29H,8-10,28H2,1-4H3/t14-,17+,18+,19+,20-,25+/m1/s1. The van der Waals surface area contributed by atoms with Crippen molar-refractivity contribution in [3.05, 3.63) is 29.0 Å². The quantitative estimate of drug-likeness (QED) is 0.163. The number of aliphatic hydroxyl groups excluding tert-OH is 1.